The Hall–Kier alpha value is -2.68. The first-order chi connectivity index (χ1) is 11.6. The van der Waals surface area contributed by atoms with Crippen LogP contribution in [0.1, 0.15) is 31.4 Å². The van der Waals surface area contributed by atoms with E-state index < -0.39 is 0 Å². The highest BCUT2D eigenvalue weighted by Gasteiger charge is 2.27. The lowest BCUT2D eigenvalue weighted by Crippen LogP contribution is -2.40. The molecule has 6 heteroatoms. The zero-order valence-corrected chi connectivity index (χ0v) is 13.7. The minimum atomic E-state index is -0.175. The van der Waals surface area contributed by atoms with Crippen LogP contribution in [-0.4, -0.2) is 33.2 Å². The average Bonchev–Trinajstić information content (AvgIpc) is 3.11. The van der Waals surface area contributed by atoms with Gasteiger partial charge in [0.25, 0.3) is 5.56 Å². The molecule has 2 aromatic rings. The van der Waals surface area contributed by atoms with Crippen LogP contribution in [0.4, 0.5) is 0 Å². The molecule has 0 atom stereocenters. The van der Waals surface area contributed by atoms with Crippen LogP contribution in [0.15, 0.2) is 29.1 Å². The van der Waals surface area contributed by atoms with E-state index in [-0.39, 0.29) is 30.5 Å². The Morgan fingerprint density at radius 1 is 1.33 bits per heavy atom. The highest BCUT2D eigenvalue weighted by Crippen LogP contribution is 2.24. The minimum Gasteiger partial charge on any atom is -0.326 e. The van der Waals surface area contributed by atoms with Crippen LogP contribution in [0.3, 0.4) is 0 Å². The number of hydrogen-bond acceptors (Lipinski definition) is 4. The van der Waals surface area contributed by atoms with E-state index in [1.165, 1.54) is 4.68 Å². The predicted octanol–water partition coefficient (Wildman–Crippen LogP) is 1.77. The molecule has 0 saturated heterocycles. The molecule has 124 valence electrons. The molecular formula is C18H20N4O2. The lowest BCUT2D eigenvalue weighted by molar-refractivity contribution is -0.132. The van der Waals surface area contributed by atoms with Gasteiger partial charge in [-0.15, -0.1) is 0 Å². The van der Waals surface area contributed by atoms with E-state index in [2.05, 4.69) is 11.2 Å². The number of carbonyl (C=O) groups excluding carboxylic acids is 1. The number of benzene rings is 1. The Bertz CT molecular complexity index is 859. The third-order valence-electron chi connectivity index (χ3n) is 4.68. The van der Waals surface area contributed by atoms with Crippen LogP contribution in [0.25, 0.3) is 10.8 Å². The second-order valence-electron chi connectivity index (χ2n) is 6.22. The second kappa shape index (κ2) is 6.83. The molecule has 1 saturated carbocycles. The van der Waals surface area contributed by atoms with Crippen molar-refractivity contribution in [1.29, 1.82) is 5.26 Å². The van der Waals surface area contributed by atoms with E-state index >= 15 is 0 Å². The van der Waals surface area contributed by atoms with Crippen molar-refractivity contribution in [3.05, 3.63) is 40.3 Å². The molecule has 0 spiro atoms. The van der Waals surface area contributed by atoms with Crippen LogP contribution in [0.5, 0.6) is 0 Å². The van der Waals surface area contributed by atoms with Crippen LogP contribution in [-0.2, 0) is 18.3 Å². The number of amides is 1. The first-order valence-electron chi connectivity index (χ1n) is 8.23. The maximum Gasteiger partial charge on any atom is 0.274 e. The zero-order chi connectivity index (χ0) is 17.1. The summed E-state index contributed by atoms with van der Waals surface area (Å²) >= 11 is 0. The van der Waals surface area contributed by atoms with Gasteiger partial charge in [-0.25, -0.2) is 4.68 Å². The number of carbonyl (C=O) groups is 1. The summed E-state index contributed by atoms with van der Waals surface area (Å²) < 4.78 is 1.27. The van der Waals surface area contributed by atoms with Gasteiger partial charge in [-0.2, -0.15) is 10.4 Å². The summed E-state index contributed by atoms with van der Waals surface area (Å²) in [4.78, 5) is 26.6. The van der Waals surface area contributed by atoms with Crippen molar-refractivity contribution >= 4 is 16.7 Å². The average molecular weight is 324 g/mol. The molecule has 0 bridgehead atoms. The van der Waals surface area contributed by atoms with Crippen molar-refractivity contribution in [3.8, 4) is 6.07 Å². The topological polar surface area (TPSA) is 79.0 Å². The molecular weight excluding hydrogens is 304 g/mol. The lowest BCUT2D eigenvalue weighted by Gasteiger charge is -2.26. The van der Waals surface area contributed by atoms with Crippen LogP contribution < -0.4 is 5.56 Å². The summed E-state index contributed by atoms with van der Waals surface area (Å²) in [6.07, 6.45) is 4.21. The predicted molar refractivity (Wildman–Crippen MR) is 90.3 cm³/mol. The van der Waals surface area contributed by atoms with Gasteiger partial charge in [0.15, 0.2) is 0 Å². The lowest BCUT2D eigenvalue weighted by atomic mass is 10.1. The highest BCUT2D eigenvalue weighted by atomic mass is 16.2. The Balaban J connectivity index is 1.94. The Morgan fingerprint density at radius 3 is 2.67 bits per heavy atom. The van der Waals surface area contributed by atoms with Crippen LogP contribution in [0, 0.1) is 11.3 Å². The van der Waals surface area contributed by atoms with Crippen molar-refractivity contribution < 1.29 is 4.79 Å². The molecule has 1 amide bonds. The third kappa shape index (κ3) is 3.02. The van der Waals surface area contributed by atoms with Gasteiger partial charge in [-0.1, -0.05) is 31.0 Å². The molecule has 1 fully saturated rings. The molecule has 1 aliphatic rings. The van der Waals surface area contributed by atoms with Gasteiger partial charge >= 0.3 is 0 Å². The number of rotatable bonds is 4. The van der Waals surface area contributed by atoms with Crippen LogP contribution >= 0.6 is 0 Å². The first kappa shape index (κ1) is 16.2. The smallest absolute Gasteiger partial charge is 0.274 e. The van der Waals surface area contributed by atoms with E-state index in [9.17, 15) is 9.59 Å². The molecule has 6 nitrogen and oxygen atoms in total. The summed E-state index contributed by atoms with van der Waals surface area (Å²) in [5, 5.41) is 14.6. The van der Waals surface area contributed by atoms with Crippen molar-refractivity contribution in [1.82, 2.24) is 14.7 Å². The van der Waals surface area contributed by atoms with Gasteiger partial charge in [0, 0.05) is 18.5 Å². The second-order valence-corrected chi connectivity index (χ2v) is 6.22. The van der Waals surface area contributed by atoms with Gasteiger partial charge in [0.1, 0.15) is 6.54 Å². The van der Waals surface area contributed by atoms with E-state index in [0.29, 0.717) is 16.5 Å². The minimum absolute atomic E-state index is 0.0975. The van der Waals surface area contributed by atoms with E-state index in [0.717, 1.165) is 25.7 Å². The van der Waals surface area contributed by atoms with Gasteiger partial charge in [0.2, 0.25) is 5.91 Å². The quantitative estimate of drug-likeness (QED) is 0.803. The SMILES string of the molecule is Cn1nc(CC(=O)N(CC#N)C2CCCC2)c2ccccc2c1=O. The normalized spacial score (nSPS) is 14.7. The molecule has 24 heavy (non-hydrogen) atoms. The standard InChI is InChI=1S/C18H20N4O2/c1-21-18(24)15-9-5-4-8-14(15)16(20-21)12-17(23)22(11-10-19)13-6-2-3-7-13/h4-5,8-9,13H,2-3,6-7,11-12H2,1H3. The van der Waals surface area contributed by atoms with E-state index in [1.54, 1.807) is 24.1 Å². The molecule has 1 aromatic heterocycles. The summed E-state index contributed by atoms with van der Waals surface area (Å²) in [5.74, 6) is -0.0975. The molecule has 0 aliphatic heterocycles. The molecule has 3 rings (SSSR count). The monoisotopic (exact) mass is 324 g/mol. The van der Waals surface area contributed by atoms with E-state index in [4.69, 9.17) is 5.26 Å². The number of aryl methyl sites for hydroxylation is 1. The molecule has 0 radical (unpaired) electrons. The molecule has 0 unspecified atom stereocenters. The maximum absolute atomic E-state index is 12.8. The molecule has 1 aliphatic carbocycles. The number of aromatic nitrogens is 2. The zero-order valence-electron chi connectivity index (χ0n) is 13.7. The Kier molecular flexibility index (Phi) is 4.61. The maximum atomic E-state index is 12.8. The number of hydrogen-bond donors (Lipinski definition) is 0. The van der Waals surface area contributed by atoms with Crippen molar-refractivity contribution in [2.75, 3.05) is 6.54 Å². The Morgan fingerprint density at radius 2 is 2.00 bits per heavy atom. The van der Waals surface area contributed by atoms with Crippen molar-refractivity contribution in [2.24, 2.45) is 7.05 Å². The van der Waals surface area contributed by atoms with Crippen LogP contribution in [0.2, 0.25) is 0 Å². The summed E-state index contributed by atoms with van der Waals surface area (Å²) in [7, 11) is 1.59. The number of fused-ring (bicyclic) bond motifs is 1. The van der Waals surface area contributed by atoms with Gasteiger partial charge in [-0.05, 0) is 18.9 Å². The van der Waals surface area contributed by atoms with E-state index in [1.807, 2.05) is 12.1 Å². The fourth-order valence-corrected chi connectivity index (χ4v) is 3.46. The summed E-state index contributed by atoms with van der Waals surface area (Å²) in [6.45, 7) is 0.104. The van der Waals surface area contributed by atoms with Crippen molar-refractivity contribution in [3.63, 3.8) is 0 Å². The molecule has 1 heterocycles. The Labute approximate surface area is 140 Å². The third-order valence-corrected chi connectivity index (χ3v) is 4.68. The largest absolute Gasteiger partial charge is 0.326 e. The first-order valence-corrected chi connectivity index (χ1v) is 8.23. The van der Waals surface area contributed by atoms with Gasteiger partial charge < -0.3 is 4.90 Å². The number of nitrogens with zero attached hydrogens (tertiary/aromatic N) is 4. The van der Waals surface area contributed by atoms with Gasteiger partial charge in [-0.3, -0.25) is 9.59 Å². The molecule has 0 N–H and O–H groups in total. The fraction of sp³-hybridized carbons (Fsp3) is 0.444. The highest BCUT2D eigenvalue weighted by molar-refractivity contribution is 5.88. The summed E-state index contributed by atoms with van der Waals surface area (Å²) in [6, 6.07) is 9.45. The van der Waals surface area contributed by atoms with Gasteiger partial charge in [0.05, 0.1) is 23.6 Å². The van der Waals surface area contributed by atoms with Crippen molar-refractivity contribution in [2.45, 2.75) is 38.1 Å². The summed E-state index contributed by atoms with van der Waals surface area (Å²) in [5.41, 5.74) is 0.408. The fourth-order valence-electron chi connectivity index (χ4n) is 3.46. The number of nitriles is 1. The molecule has 1 aromatic carbocycles.